The highest BCUT2D eigenvalue weighted by Crippen LogP contribution is 2.32. The maximum Gasteiger partial charge on any atom is 0.223 e. The molecule has 3 aromatic rings. The van der Waals surface area contributed by atoms with Crippen LogP contribution in [0.2, 0.25) is 5.02 Å². The van der Waals surface area contributed by atoms with Crippen LogP contribution in [-0.2, 0) is 11.3 Å². The molecule has 0 aliphatic rings. The number of phenolic OH excluding ortho intramolecular Hbond substituents is 1. The Morgan fingerprint density at radius 1 is 1.15 bits per heavy atom. The van der Waals surface area contributed by atoms with Crippen LogP contribution in [0.3, 0.4) is 0 Å². The van der Waals surface area contributed by atoms with Crippen LogP contribution in [0.4, 0.5) is 0 Å². The van der Waals surface area contributed by atoms with Gasteiger partial charge in [-0.2, -0.15) is 0 Å². The monoisotopic (exact) mass is 381 g/mol. The van der Waals surface area contributed by atoms with Gasteiger partial charge in [0.2, 0.25) is 5.91 Å². The zero-order valence-corrected chi connectivity index (χ0v) is 15.7. The number of hydrogen-bond donors (Lipinski definition) is 1. The first-order valence-electron chi connectivity index (χ1n) is 8.56. The van der Waals surface area contributed by atoms with Gasteiger partial charge >= 0.3 is 0 Å². The fourth-order valence-corrected chi connectivity index (χ4v) is 3.17. The first-order chi connectivity index (χ1) is 13.0. The first-order valence-corrected chi connectivity index (χ1v) is 8.94. The molecule has 1 heterocycles. The molecule has 1 N–H and O–H groups in total. The zero-order chi connectivity index (χ0) is 19.2. The van der Waals surface area contributed by atoms with Crippen LogP contribution in [-0.4, -0.2) is 32.9 Å². The molecule has 0 saturated heterocycles. The summed E-state index contributed by atoms with van der Waals surface area (Å²) in [6, 6.07) is 14.4. The first kappa shape index (κ1) is 18.9. The highest BCUT2D eigenvalue weighted by Gasteiger charge is 2.21. The van der Waals surface area contributed by atoms with Crippen LogP contribution in [0.5, 0.6) is 5.75 Å². The normalized spacial score (nSPS) is 11.8. The van der Waals surface area contributed by atoms with Crippen molar-refractivity contribution in [2.24, 2.45) is 0 Å². The topological polar surface area (TPSA) is 66.3 Å². The number of phenols is 1. The molecule has 138 valence electrons. The second-order valence-electron chi connectivity index (χ2n) is 6.35. The number of aromatic nitrogens is 2. The number of aromatic hydroxyl groups is 1. The van der Waals surface area contributed by atoms with Crippen molar-refractivity contribution >= 4 is 17.5 Å². The average Bonchev–Trinajstić information content (AvgIpc) is 2.66. The molecule has 2 aromatic carbocycles. The van der Waals surface area contributed by atoms with E-state index in [2.05, 4.69) is 9.97 Å². The Morgan fingerprint density at radius 3 is 2.56 bits per heavy atom. The van der Waals surface area contributed by atoms with Crippen molar-refractivity contribution in [3.63, 3.8) is 0 Å². The smallest absolute Gasteiger partial charge is 0.223 e. The minimum atomic E-state index is -0.215. The van der Waals surface area contributed by atoms with Gasteiger partial charge in [0.25, 0.3) is 0 Å². The van der Waals surface area contributed by atoms with Crippen LogP contribution >= 0.6 is 11.6 Å². The molecule has 1 unspecified atom stereocenters. The van der Waals surface area contributed by atoms with Gasteiger partial charge in [0.05, 0.1) is 18.4 Å². The molecule has 3 rings (SSSR count). The number of amides is 1. The third kappa shape index (κ3) is 5.05. The van der Waals surface area contributed by atoms with Crippen molar-refractivity contribution < 1.29 is 9.90 Å². The zero-order valence-electron chi connectivity index (χ0n) is 14.9. The van der Waals surface area contributed by atoms with Gasteiger partial charge in [0.1, 0.15) is 5.75 Å². The molecule has 0 fully saturated rings. The summed E-state index contributed by atoms with van der Waals surface area (Å²) in [4.78, 5) is 22.7. The summed E-state index contributed by atoms with van der Waals surface area (Å²) < 4.78 is 0. The maximum absolute atomic E-state index is 12.9. The molecule has 0 spiro atoms. The molecule has 0 radical (unpaired) electrons. The highest BCUT2D eigenvalue weighted by molar-refractivity contribution is 6.30. The molecule has 5 nitrogen and oxygen atoms in total. The van der Waals surface area contributed by atoms with Crippen molar-refractivity contribution in [1.82, 2.24) is 14.9 Å². The summed E-state index contributed by atoms with van der Waals surface area (Å²) in [5.74, 6) is -0.0820. The third-order valence-electron chi connectivity index (χ3n) is 4.34. The van der Waals surface area contributed by atoms with Gasteiger partial charge in [-0.1, -0.05) is 35.9 Å². The minimum Gasteiger partial charge on any atom is -0.508 e. The van der Waals surface area contributed by atoms with E-state index in [0.29, 0.717) is 11.6 Å². The quantitative estimate of drug-likeness (QED) is 0.700. The van der Waals surface area contributed by atoms with E-state index >= 15 is 0 Å². The average molecular weight is 382 g/mol. The number of rotatable bonds is 6. The molecule has 1 amide bonds. The predicted octanol–water partition coefficient (Wildman–Crippen LogP) is 4.02. The van der Waals surface area contributed by atoms with E-state index in [-0.39, 0.29) is 24.0 Å². The van der Waals surface area contributed by atoms with E-state index in [4.69, 9.17) is 11.6 Å². The number of benzene rings is 2. The Hall–Kier alpha value is -2.92. The third-order valence-corrected chi connectivity index (χ3v) is 4.58. The number of halogens is 1. The summed E-state index contributed by atoms with van der Waals surface area (Å²) in [5, 5.41) is 10.5. The van der Waals surface area contributed by atoms with E-state index in [1.807, 2.05) is 24.3 Å². The Labute approximate surface area is 163 Å². The molecule has 1 aromatic heterocycles. The number of nitrogens with zero attached hydrogens (tertiary/aromatic N) is 3. The van der Waals surface area contributed by atoms with E-state index in [9.17, 15) is 9.90 Å². The van der Waals surface area contributed by atoms with Gasteiger partial charge in [-0.15, -0.1) is 0 Å². The molecule has 0 saturated carbocycles. The molecule has 27 heavy (non-hydrogen) atoms. The molecule has 1 atom stereocenters. The lowest BCUT2D eigenvalue weighted by Crippen LogP contribution is -2.28. The molecule has 0 aliphatic carbocycles. The van der Waals surface area contributed by atoms with E-state index in [0.717, 1.165) is 16.8 Å². The van der Waals surface area contributed by atoms with Crippen LogP contribution < -0.4 is 0 Å². The van der Waals surface area contributed by atoms with E-state index in [1.165, 1.54) is 0 Å². The van der Waals surface area contributed by atoms with Crippen LogP contribution in [0.15, 0.2) is 67.1 Å². The van der Waals surface area contributed by atoms with Crippen molar-refractivity contribution in [3.8, 4) is 5.75 Å². The molecular weight excluding hydrogens is 362 g/mol. The Bertz CT molecular complexity index is 873. The minimum absolute atomic E-state index is 0.0334. The fraction of sp³-hybridized carbons (Fsp3) is 0.190. The second kappa shape index (κ2) is 8.64. The van der Waals surface area contributed by atoms with Gasteiger partial charge in [-0.25, -0.2) is 0 Å². The van der Waals surface area contributed by atoms with Gasteiger partial charge in [-0.05, 0) is 35.4 Å². The fourth-order valence-electron chi connectivity index (χ4n) is 2.97. The lowest BCUT2D eigenvalue weighted by Gasteiger charge is -2.22. The molecular formula is C21H20ClN3O2. The van der Waals surface area contributed by atoms with Crippen molar-refractivity contribution in [1.29, 1.82) is 0 Å². The van der Waals surface area contributed by atoms with Gasteiger partial charge in [0, 0.05) is 36.8 Å². The van der Waals surface area contributed by atoms with Crippen LogP contribution in [0, 0.1) is 0 Å². The lowest BCUT2D eigenvalue weighted by atomic mass is 9.88. The summed E-state index contributed by atoms with van der Waals surface area (Å²) in [6.07, 6.45) is 5.10. The largest absolute Gasteiger partial charge is 0.508 e. The van der Waals surface area contributed by atoms with Crippen molar-refractivity contribution in [3.05, 3.63) is 89.0 Å². The lowest BCUT2D eigenvalue weighted by molar-refractivity contribution is -0.130. The Kier molecular flexibility index (Phi) is 6.04. The van der Waals surface area contributed by atoms with Crippen LogP contribution in [0.1, 0.15) is 29.2 Å². The SMILES string of the molecule is CN(Cc1cnccn1)C(=O)CC(c1cccc(O)c1)c1cccc(Cl)c1. The van der Waals surface area contributed by atoms with Gasteiger partial charge in [-0.3, -0.25) is 14.8 Å². The predicted molar refractivity (Wildman–Crippen MR) is 105 cm³/mol. The van der Waals surface area contributed by atoms with Gasteiger partial charge < -0.3 is 10.0 Å². The van der Waals surface area contributed by atoms with Crippen molar-refractivity contribution in [2.75, 3.05) is 7.05 Å². The standard InChI is InChI=1S/C21H20ClN3O2/c1-25(14-18-13-23-8-9-24-18)21(27)12-20(15-4-2-6-17(22)10-15)16-5-3-7-19(26)11-16/h2-11,13,20,26H,12,14H2,1H3. The number of carbonyl (C=O) groups is 1. The Morgan fingerprint density at radius 2 is 1.89 bits per heavy atom. The van der Waals surface area contributed by atoms with Crippen LogP contribution in [0.25, 0.3) is 0 Å². The van der Waals surface area contributed by atoms with Gasteiger partial charge in [0.15, 0.2) is 0 Å². The molecule has 6 heteroatoms. The summed E-state index contributed by atoms with van der Waals surface area (Å²) in [5.41, 5.74) is 2.51. The van der Waals surface area contributed by atoms with E-state index < -0.39 is 0 Å². The Balaban J connectivity index is 1.83. The summed E-state index contributed by atoms with van der Waals surface area (Å²) in [6.45, 7) is 0.384. The maximum atomic E-state index is 12.9. The molecule has 0 bridgehead atoms. The molecule has 0 aliphatic heterocycles. The second-order valence-corrected chi connectivity index (χ2v) is 6.79. The summed E-state index contributed by atoms with van der Waals surface area (Å²) in [7, 11) is 1.74. The van der Waals surface area contributed by atoms with Crippen molar-refractivity contribution in [2.45, 2.75) is 18.9 Å². The highest BCUT2D eigenvalue weighted by atomic mass is 35.5. The summed E-state index contributed by atoms with van der Waals surface area (Å²) >= 11 is 6.15. The number of hydrogen-bond acceptors (Lipinski definition) is 4. The number of carbonyl (C=O) groups excluding carboxylic acids is 1. The van der Waals surface area contributed by atoms with E-state index in [1.54, 1.807) is 54.8 Å².